The summed E-state index contributed by atoms with van der Waals surface area (Å²) in [5, 5.41) is 0. The molecule has 1 saturated carbocycles. The van der Waals surface area contributed by atoms with Gasteiger partial charge in [0.2, 0.25) is 0 Å². The maximum absolute atomic E-state index is 12.9. The van der Waals surface area contributed by atoms with Gasteiger partial charge in [0.25, 0.3) is 0 Å². The molecule has 2 rings (SSSR count). The topological polar surface area (TPSA) is 12.5 Å². The van der Waals surface area contributed by atoms with E-state index < -0.39 is 6.17 Å². The summed E-state index contributed by atoms with van der Waals surface area (Å²) in [6.07, 6.45) is 3.09. The Morgan fingerprint density at radius 3 is 2.23 bits per heavy atom. The maximum atomic E-state index is 12.9. The van der Waals surface area contributed by atoms with Crippen LogP contribution in [-0.4, -0.2) is 43.4 Å². The van der Waals surface area contributed by atoms with E-state index >= 15 is 0 Å². The number of halogens is 1. The minimum Gasteiger partial charge on any atom is -0.379 e. The molecule has 0 aromatic heterocycles. The van der Waals surface area contributed by atoms with Crippen molar-refractivity contribution < 1.29 is 9.13 Å². The number of alkyl halides is 1. The zero-order chi connectivity index (χ0) is 9.10. The van der Waals surface area contributed by atoms with Crippen LogP contribution < -0.4 is 0 Å². The van der Waals surface area contributed by atoms with Gasteiger partial charge in [-0.2, -0.15) is 0 Å². The Bertz CT molecular complexity index is 151. The lowest BCUT2D eigenvalue weighted by molar-refractivity contribution is 0.00320. The summed E-state index contributed by atoms with van der Waals surface area (Å²) in [5.41, 5.74) is 0. The van der Waals surface area contributed by atoms with Crippen LogP contribution in [0.5, 0.6) is 0 Å². The Labute approximate surface area is 79.1 Å². The molecule has 0 N–H and O–H groups in total. The van der Waals surface area contributed by atoms with Crippen LogP contribution in [0.4, 0.5) is 4.39 Å². The van der Waals surface area contributed by atoms with Gasteiger partial charge in [-0.05, 0) is 25.7 Å². The molecule has 1 aliphatic carbocycles. The summed E-state index contributed by atoms with van der Waals surface area (Å²) in [7, 11) is 0. The Morgan fingerprint density at radius 1 is 1.00 bits per heavy atom. The molecule has 0 aromatic carbocycles. The standard InChI is InChI=1S/C10H18FNO/c11-9-1-3-10(4-2-9)12-5-7-13-8-6-12/h9-10H,1-8H2/t9-,10-. The van der Waals surface area contributed by atoms with Crippen LogP contribution in [0.1, 0.15) is 25.7 Å². The van der Waals surface area contributed by atoms with Crippen LogP contribution in [0.25, 0.3) is 0 Å². The molecule has 0 radical (unpaired) electrons. The summed E-state index contributed by atoms with van der Waals surface area (Å²) >= 11 is 0. The van der Waals surface area contributed by atoms with E-state index in [4.69, 9.17) is 4.74 Å². The summed E-state index contributed by atoms with van der Waals surface area (Å²) in [6.45, 7) is 3.80. The van der Waals surface area contributed by atoms with Gasteiger partial charge >= 0.3 is 0 Å². The van der Waals surface area contributed by atoms with Gasteiger partial charge in [0.15, 0.2) is 0 Å². The van der Waals surface area contributed by atoms with Crippen molar-refractivity contribution in [3.63, 3.8) is 0 Å². The first-order valence-corrected chi connectivity index (χ1v) is 5.32. The highest BCUT2D eigenvalue weighted by Crippen LogP contribution is 2.25. The molecule has 2 nitrogen and oxygen atoms in total. The van der Waals surface area contributed by atoms with Crippen molar-refractivity contribution in [2.24, 2.45) is 0 Å². The third-order valence-electron chi connectivity index (χ3n) is 3.19. The van der Waals surface area contributed by atoms with Crippen LogP contribution in [-0.2, 0) is 4.74 Å². The van der Waals surface area contributed by atoms with Gasteiger partial charge in [0, 0.05) is 19.1 Å². The molecule has 1 heterocycles. The Hall–Kier alpha value is -0.150. The number of morpholine rings is 1. The second kappa shape index (κ2) is 4.38. The molecule has 0 spiro atoms. The average molecular weight is 187 g/mol. The Kier molecular flexibility index (Phi) is 3.17. The Balaban J connectivity index is 1.79. The third-order valence-corrected chi connectivity index (χ3v) is 3.19. The smallest absolute Gasteiger partial charge is 0.100 e. The quantitative estimate of drug-likeness (QED) is 0.618. The number of hydrogen-bond donors (Lipinski definition) is 0. The highest BCUT2D eigenvalue weighted by Gasteiger charge is 2.26. The molecular formula is C10H18FNO. The lowest BCUT2D eigenvalue weighted by Crippen LogP contribution is -2.45. The van der Waals surface area contributed by atoms with Crippen molar-refractivity contribution in [1.82, 2.24) is 4.90 Å². The van der Waals surface area contributed by atoms with Crippen LogP contribution in [0.2, 0.25) is 0 Å². The number of ether oxygens (including phenoxy) is 1. The number of rotatable bonds is 1. The van der Waals surface area contributed by atoms with Gasteiger partial charge in [-0.25, -0.2) is 4.39 Å². The van der Waals surface area contributed by atoms with Crippen molar-refractivity contribution >= 4 is 0 Å². The molecule has 3 heteroatoms. The highest BCUT2D eigenvalue weighted by atomic mass is 19.1. The SMILES string of the molecule is F[C@H]1CC[C@H](N2CCOCC2)CC1. The lowest BCUT2D eigenvalue weighted by atomic mass is 9.92. The van der Waals surface area contributed by atoms with Gasteiger partial charge in [-0.1, -0.05) is 0 Å². The molecular weight excluding hydrogens is 169 g/mol. The fourth-order valence-electron chi connectivity index (χ4n) is 2.34. The third kappa shape index (κ3) is 2.41. The van der Waals surface area contributed by atoms with E-state index in [1.165, 1.54) is 0 Å². The van der Waals surface area contributed by atoms with E-state index in [1.54, 1.807) is 0 Å². The maximum Gasteiger partial charge on any atom is 0.100 e. The summed E-state index contributed by atoms with van der Waals surface area (Å²) in [5.74, 6) is 0. The van der Waals surface area contributed by atoms with Crippen molar-refractivity contribution in [2.45, 2.75) is 37.9 Å². The van der Waals surface area contributed by atoms with E-state index in [0.717, 1.165) is 52.0 Å². The zero-order valence-electron chi connectivity index (χ0n) is 8.04. The minimum absolute atomic E-state index is 0.530. The number of hydrogen-bond acceptors (Lipinski definition) is 2. The second-order valence-corrected chi connectivity index (χ2v) is 4.05. The molecule has 0 atom stereocenters. The number of nitrogens with zero attached hydrogens (tertiary/aromatic N) is 1. The van der Waals surface area contributed by atoms with Gasteiger partial charge in [0.05, 0.1) is 13.2 Å². The molecule has 0 aromatic rings. The normalized spacial score (nSPS) is 37.6. The van der Waals surface area contributed by atoms with E-state index in [2.05, 4.69) is 4.90 Å². The molecule has 1 aliphatic heterocycles. The monoisotopic (exact) mass is 187 g/mol. The first-order valence-electron chi connectivity index (χ1n) is 5.32. The second-order valence-electron chi connectivity index (χ2n) is 4.05. The van der Waals surface area contributed by atoms with Crippen molar-refractivity contribution in [1.29, 1.82) is 0 Å². The van der Waals surface area contributed by atoms with Crippen molar-refractivity contribution in [3.8, 4) is 0 Å². The van der Waals surface area contributed by atoms with Crippen LogP contribution >= 0.6 is 0 Å². The van der Waals surface area contributed by atoms with E-state index in [9.17, 15) is 4.39 Å². The average Bonchev–Trinajstić information content (AvgIpc) is 2.20. The van der Waals surface area contributed by atoms with Gasteiger partial charge in [-0.15, -0.1) is 0 Å². The molecule has 76 valence electrons. The molecule has 0 bridgehead atoms. The fourth-order valence-corrected chi connectivity index (χ4v) is 2.34. The summed E-state index contributed by atoms with van der Waals surface area (Å²) < 4.78 is 18.2. The van der Waals surface area contributed by atoms with Crippen LogP contribution in [0.15, 0.2) is 0 Å². The minimum atomic E-state index is -0.530. The lowest BCUT2D eigenvalue weighted by Gasteiger charge is -2.37. The summed E-state index contributed by atoms with van der Waals surface area (Å²) in [4.78, 5) is 2.47. The molecule has 2 fully saturated rings. The predicted octanol–water partition coefficient (Wildman–Crippen LogP) is 1.60. The Morgan fingerprint density at radius 2 is 1.62 bits per heavy atom. The zero-order valence-corrected chi connectivity index (χ0v) is 8.04. The van der Waals surface area contributed by atoms with Crippen LogP contribution in [0, 0.1) is 0 Å². The first kappa shape index (κ1) is 9.41. The fraction of sp³-hybridized carbons (Fsp3) is 1.00. The van der Waals surface area contributed by atoms with Gasteiger partial charge in [0.1, 0.15) is 6.17 Å². The van der Waals surface area contributed by atoms with Gasteiger partial charge < -0.3 is 4.74 Å². The van der Waals surface area contributed by atoms with Crippen molar-refractivity contribution in [3.05, 3.63) is 0 Å². The van der Waals surface area contributed by atoms with Crippen molar-refractivity contribution in [2.75, 3.05) is 26.3 Å². The first-order chi connectivity index (χ1) is 6.36. The van der Waals surface area contributed by atoms with E-state index in [1.807, 2.05) is 0 Å². The molecule has 0 amide bonds. The molecule has 2 aliphatic rings. The largest absolute Gasteiger partial charge is 0.379 e. The van der Waals surface area contributed by atoms with E-state index in [0.29, 0.717) is 6.04 Å². The predicted molar refractivity (Wildman–Crippen MR) is 49.5 cm³/mol. The van der Waals surface area contributed by atoms with Crippen LogP contribution in [0.3, 0.4) is 0 Å². The molecule has 0 unspecified atom stereocenters. The molecule has 1 saturated heterocycles. The van der Waals surface area contributed by atoms with Gasteiger partial charge in [-0.3, -0.25) is 4.90 Å². The highest BCUT2D eigenvalue weighted by molar-refractivity contribution is 4.80. The summed E-state index contributed by atoms with van der Waals surface area (Å²) in [6, 6.07) is 0.635. The molecule has 13 heavy (non-hydrogen) atoms. The van der Waals surface area contributed by atoms with E-state index in [-0.39, 0.29) is 0 Å².